The number of carbonyl (C=O) groups excluding carboxylic acids is 1. The van der Waals surface area contributed by atoms with Gasteiger partial charge in [0.1, 0.15) is 0 Å². The number of para-hydroxylation sites is 1. The molecule has 1 aromatic carbocycles. The molecule has 0 aliphatic carbocycles. The van der Waals surface area contributed by atoms with Crippen molar-refractivity contribution in [3.05, 3.63) is 30.3 Å². The molecule has 2 amide bonds. The fourth-order valence-electron chi connectivity index (χ4n) is 2.00. The van der Waals surface area contributed by atoms with Gasteiger partial charge in [-0.15, -0.1) is 0 Å². The Balaban J connectivity index is 2.13. The van der Waals surface area contributed by atoms with Gasteiger partial charge in [0.2, 0.25) is 0 Å². The second-order valence-corrected chi connectivity index (χ2v) is 6.47. The third-order valence-electron chi connectivity index (χ3n) is 3.51. The maximum absolute atomic E-state index is 11.8. The first-order valence-corrected chi connectivity index (χ1v) is 7.87. The van der Waals surface area contributed by atoms with Crippen LogP contribution in [-0.2, 0) is 0 Å². The van der Waals surface area contributed by atoms with E-state index in [2.05, 4.69) is 16.0 Å². The van der Waals surface area contributed by atoms with Gasteiger partial charge in [-0.3, -0.25) is 0 Å². The van der Waals surface area contributed by atoms with Crippen molar-refractivity contribution < 1.29 is 9.90 Å². The van der Waals surface area contributed by atoms with Crippen LogP contribution in [0, 0.1) is 5.41 Å². The Bertz CT molecular complexity index is 435. The van der Waals surface area contributed by atoms with E-state index in [4.69, 9.17) is 5.11 Å². The number of aliphatic hydroxyl groups excluding tert-OH is 1. The fraction of sp³-hybridized carbons (Fsp3) is 0.588. The van der Waals surface area contributed by atoms with Gasteiger partial charge in [-0.25, -0.2) is 4.79 Å². The molecule has 4 N–H and O–H groups in total. The largest absolute Gasteiger partial charge is 0.396 e. The second-order valence-electron chi connectivity index (χ2n) is 6.47. The Hall–Kier alpha value is -1.75. The predicted molar refractivity (Wildman–Crippen MR) is 91.0 cm³/mol. The normalized spacial score (nSPS) is 12.5. The summed E-state index contributed by atoms with van der Waals surface area (Å²) >= 11 is 0. The van der Waals surface area contributed by atoms with Crippen molar-refractivity contribution in [3.63, 3.8) is 0 Å². The highest BCUT2D eigenvalue weighted by molar-refractivity contribution is 5.74. The summed E-state index contributed by atoms with van der Waals surface area (Å²) < 4.78 is 0. The number of hydrogen-bond donors (Lipinski definition) is 4. The average molecular weight is 307 g/mol. The number of amides is 2. The van der Waals surface area contributed by atoms with E-state index >= 15 is 0 Å². The molecule has 0 aliphatic heterocycles. The number of urea groups is 1. The zero-order chi connectivity index (χ0) is 16.4. The van der Waals surface area contributed by atoms with Gasteiger partial charge < -0.3 is 21.1 Å². The molecule has 5 nitrogen and oxygen atoms in total. The molecule has 0 bridgehead atoms. The molecule has 1 unspecified atom stereocenters. The molecular weight excluding hydrogens is 278 g/mol. The van der Waals surface area contributed by atoms with Crippen LogP contribution in [0.4, 0.5) is 10.5 Å². The second kappa shape index (κ2) is 9.30. The first-order valence-electron chi connectivity index (χ1n) is 7.87. The molecule has 0 aliphatic rings. The molecule has 1 rings (SSSR count). The van der Waals surface area contributed by atoms with Crippen molar-refractivity contribution in [2.45, 2.75) is 39.7 Å². The predicted octanol–water partition coefficient (Wildman–Crippen LogP) is 2.58. The van der Waals surface area contributed by atoms with Gasteiger partial charge in [-0.2, -0.15) is 0 Å². The number of rotatable bonds is 9. The van der Waals surface area contributed by atoms with Crippen LogP contribution in [-0.4, -0.2) is 36.9 Å². The number of benzene rings is 1. The minimum Gasteiger partial charge on any atom is -0.396 e. The van der Waals surface area contributed by atoms with Crippen LogP contribution in [0.15, 0.2) is 30.3 Å². The molecule has 1 aromatic rings. The van der Waals surface area contributed by atoms with Crippen molar-refractivity contribution in [1.82, 2.24) is 10.6 Å². The summed E-state index contributed by atoms with van der Waals surface area (Å²) in [6, 6.07) is 9.80. The lowest BCUT2D eigenvalue weighted by atomic mass is 9.89. The monoisotopic (exact) mass is 307 g/mol. The molecule has 0 aromatic heterocycles. The van der Waals surface area contributed by atoms with Crippen LogP contribution >= 0.6 is 0 Å². The smallest absolute Gasteiger partial charge is 0.315 e. The van der Waals surface area contributed by atoms with E-state index in [0.717, 1.165) is 18.5 Å². The van der Waals surface area contributed by atoms with Crippen LogP contribution < -0.4 is 16.0 Å². The first kappa shape index (κ1) is 18.3. The lowest BCUT2D eigenvalue weighted by Crippen LogP contribution is -2.44. The highest BCUT2D eigenvalue weighted by atomic mass is 16.3. The summed E-state index contributed by atoms with van der Waals surface area (Å²) in [5.41, 5.74) is 0.966. The standard InChI is InChI=1S/C17H29N3O2/c1-14(12-19-15-8-5-4-6-9-15)20-16(22)18-11-7-10-17(2,3)13-21/h4-6,8-9,14,19,21H,7,10-13H2,1-3H3,(H2,18,20,22). The molecule has 22 heavy (non-hydrogen) atoms. The average Bonchev–Trinajstić information content (AvgIpc) is 2.51. The lowest BCUT2D eigenvalue weighted by molar-refractivity contribution is 0.148. The van der Waals surface area contributed by atoms with Crippen LogP contribution in [0.1, 0.15) is 33.6 Å². The van der Waals surface area contributed by atoms with Crippen molar-refractivity contribution in [3.8, 4) is 0 Å². The van der Waals surface area contributed by atoms with E-state index in [1.54, 1.807) is 0 Å². The highest BCUT2D eigenvalue weighted by Crippen LogP contribution is 2.20. The number of carbonyl (C=O) groups is 1. The molecule has 0 fully saturated rings. The van der Waals surface area contributed by atoms with Gasteiger partial charge in [-0.05, 0) is 37.3 Å². The Morgan fingerprint density at radius 1 is 1.27 bits per heavy atom. The molecule has 0 saturated heterocycles. The fourth-order valence-corrected chi connectivity index (χ4v) is 2.00. The van der Waals surface area contributed by atoms with Crippen LogP contribution in [0.5, 0.6) is 0 Å². The molecule has 124 valence electrons. The van der Waals surface area contributed by atoms with Gasteiger partial charge in [0.05, 0.1) is 0 Å². The molecular formula is C17H29N3O2. The Morgan fingerprint density at radius 2 is 1.95 bits per heavy atom. The van der Waals surface area contributed by atoms with Gasteiger partial charge in [0.15, 0.2) is 0 Å². The van der Waals surface area contributed by atoms with E-state index in [1.165, 1.54) is 0 Å². The van der Waals surface area contributed by atoms with Gasteiger partial charge in [-0.1, -0.05) is 32.0 Å². The van der Waals surface area contributed by atoms with Crippen molar-refractivity contribution >= 4 is 11.7 Å². The number of hydrogen-bond acceptors (Lipinski definition) is 3. The zero-order valence-electron chi connectivity index (χ0n) is 13.9. The van der Waals surface area contributed by atoms with E-state index in [-0.39, 0.29) is 24.1 Å². The van der Waals surface area contributed by atoms with Crippen LogP contribution in [0.2, 0.25) is 0 Å². The Kier molecular flexibility index (Phi) is 7.74. The SMILES string of the molecule is CC(CNc1ccccc1)NC(=O)NCCCC(C)(C)CO. The summed E-state index contributed by atoms with van der Waals surface area (Å²) in [5, 5.41) is 18.2. The Labute approximate surface area is 133 Å². The summed E-state index contributed by atoms with van der Waals surface area (Å²) in [6.07, 6.45) is 1.74. The van der Waals surface area contributed by atoms with E-state index in [9.17, 15) is 4.79 Å². The zero-order valence-corrected chi connectivity index (χ0v) is 13.9. The molecule has 0 heterocycles. The lowest BCUT2D eigenvalue weighted by Gasteiger charge is -2.21. The summed E-state index contributed by atoms with van der Waals surface area (Å²) in [7, 11) is 0. The van der Waals surface area contributed by atoms with E-state index in [1.807, 2.05) is 51.1 Å². The minimum atomic E-state index is -0.149. The maximum Gasteiger partial charge on any atom is 0.315 e. The van der Waals surface area contributed by atoms with Crippen molar-refractivity contribution in [2.24, 2.45) is 5.41 Å². The van der Waals surface area contributed by atoms with Crippen molar-refractivity contribution in [2.75, 3.05) is 25.0 Å². The molecule has 0 saturated carbocycles. The summed E-state index contributed by atoms with van der Waals surface area (Å²) in [6.45, 7) is 7.46. The molecule has 1 atom stereocenters. The third-order valence-corrected chi connectivity index (χ3v) is 3.51. The number of nitrogens with one attached hydrogen (secondary N) is 3. The van der Waals surface area contributed by atoms with E-state index < -0.39 is 0 Å². The molecule has 0 radical (unpaired) electrons. The quantitative estimate of drug-likeness (QED) is 0.530. The van der Waals surface area contributed by atoms with Crippen LogP contribution in [0.25, 0.3) is 0 Å². The molecule has 5 heteroatoms. The molecule has 0 spiro atoms. The highest BCUT2D eigenvalue weighted by Gasteiger charge is 2.15. The Morgan fingerprint density at radius 3 is 2.59 bits per heavy atom. The van der Waals surface area contributed by atoms with E-state index in [0.29, 0.717) is 13.1 Å². The van der Waals surface area contributed by atoms with Gasteiger partial charge in [0.25, 0.3) is 0 Å². The number of aliphatic hydroxyl groups is 1. The van der Waals surface area contributed by atoms with Crippen molar-refractivity contribution in [1.29, 1.82) is 0 Å². The van der Waals surface area contributed by atoms with Gasteiger partial charge >= 0.3 is 6.03 Å². The maximum atomic E-state index is 11.8. The summed E-state index contributed by atoms with van der Waals surface area (Å²) in [4.78, 5) is 11.8. The topological polar surface area (TPSA) is 73.4 Å². The number of anilines is 1. The van der Waals surface area contributed by atoms with Crippen LogP contribution in [0.3, 0.4) is 0 Å². The minimum absolute atomic E-state index is 0.0362. The first-order chi connectivity index (χ1) is 10.4. The summed E-state index contributed by atoms with van der Waals surface area (Å²) in [5.74, 6) is 0. The van der Waals surface area contributed by atoms with Gasteiger partial charge in [0, 0.05) is 31.4 Å². The third kappa shape index (κ3) is 7.88.